The molecule has 5 nitrogen and oxygen atoms in total. The van der Waals surface area contributed by atoms with Crippen LogP contribution in [-0.4, -0.2) is 42.5 Å². The maximum absolute atomic E-state index is 12.5. The number of carbonyl (C=O) groups is 2. The summed E-state index contributed by atoms with van der Waals surface area (Å²) in [6.07, 6.45) is 3.37. The lowest BCUT2D eigenvalue weighted by molar-refractivity contribution is 0.0635. The van der Waals surface area contributed by atoms with Gasteiger partial charge in [0.25, 0.3) is 5.91 Å². The summed E-state index contributed by atoms with van der Waals surface area (Å²) in [4.78, 5) is 27.8. The summed E-state index contributed by atoms with van der Waals surface area (Å²) in [7, 11) is 0. The van der Waals surface area contributed by atoms with E-state index in [9.17, 15) is 9.59 Å². The Morgan fingerprint density at radius 3 is 2.57 bits per heavy atom. The highest BCUT2D eigenvalue weighted by Gasteiger charge is 2.25. The SMILES string of the molecule is CC1CCCCN1C(=O)c1ccc(N2CCNC2=O)cc1. The number of benzene rings is 1. The van der Waals surface area contributed by atoms with Crippen LogP contribution in [0.3, 0.4) is 0 Å². The highest BCUT2D eigenvalue weighted by molar-refractivity contribution is 5.97. The molecule has 2 aliphatic rings. The number of hydrogen-bond acceptors (Lipinski definition) is 2. The minimum Gasteiger partial charge on any atom is -0.336 e. The monoisotopic (exact) mass is 287 g/mol. The first-order chi connectivity index (χ1) is 10.2. The maximum atomic E-state index is 12.5. The Hall–Kier alpha value is -2.04. The van der Waals surface area contributed by atoms with Gasteiger partial charge in [0.05, 0.1) is 0 Å². The summed E-state index contributed by atoms with van der Waals surface area (Å²) in [5, 5.41) is 2.77. The zero-order chi connectivity index (χ0) is 14.8. The van der Waals surface area contributed by atoms with Crippen LogP contribution in [0.1, 0.15) is 36.5 Å². The van der Waals surface area contributed by atoms with E-state index in [2.05, 4.69) is 12.2 Å². The van der Waals surface area contributed by atoms with Gasteiger partial charge in [-0.2, -0.15) is 0 Å². The van der Waals surface area contributed by atoms with E-state index >= 15 is 0 Å². The Morgan fingerprint density at radius 2 is 1.95 bits per heavy atom. The first-order valence-corrected chi connectivity index (χ1v) is 7.63. The van der Waals surface area contributed by atoms with Gasteiger partial charge in [-0.3, -0.25) is 9.69 Å². The Bertz CT molecular complexity index is 541. The summed E-state index contributed by atoms with van der Waals surface area (Å²) in [5.74, 6) is 0.0969. The van der Waals surface area contributed by atoms with Crippen LogP contribution in [-0.2, 0) is 0 Å². The highest BCUT2D eigenvalue weighted by Crippen LogP contribution is 2.21. The summed E-state index contributed by atoms with van der Waals surface area (Å²) in [6.45, 7) is 4.30. The molecule has 0 aromatic heterocycles. The number of rotatable bonds is 2. The van der Waals surface area contributed by atoms with Gasteiger partial charge in [0.2, 0.25) is 0 Å². The van der Waals surface area contributed by atoms with Crippen molar-refractivity contribution in [2.45, 2.75) is 32.2 Å². The largest absolute Gasteiger partial charge is 0.336 e. The zero-order valence-corrected chi connectivity index (χ0v) is 12.3. The van der Waals surface area contributed by atoms with Crippen molar-refractivity contribution in [2.75, 3.05) is 24.5 Å². The van der Waals surface area contributed by atoms with E-state index in [0.717, 1.165) is 25.1 Å². The second-order valence-corrected chi connectivity index (χ2v) is 5.77. The normalized spacial score (nSPS) is 22.3. The predicted octanol–water partition coefficient (Wildman–Crippen LogP) is 2.23. The van der Waals surface area contributed by atoms with Gasteiger partial charge in [-0.15, -0.1) is 0 Å². The molecule has 1 aromatic carbocycles. The number of urea groups is 1. The average Bonchev–Trinajstić information content (AvgIpc) is 2.93. The Morgan fingerprint density at radius 1 is 1.19 bits per heavy atom. The van der Waals surface area contributed by atoms with Gasteiger partial charge in [0, 0.05) is 36.9 Å². The lowest BCUT2D eigenvalue weighted by Crippen LogP contribution is -2.42. The average molecular weight is 287 g/mol. The van der Waals surface area contributed by atoms with E-state index < -0.39 is 0 Å². The third-order valence-corrected chi connectivity index (χ3v) is 4.35. The van der Waals surface area contributed by atoms with Crippen LogP contribution in [0.4, 0.5) is 10.5 Å². The number of amides is 3. The van der Waals surface area contributed by atoms with Crippen LogP contribution >= 0.6 is 0 Å². The predicted molar refractivity (Wildman–Crippen MR) is 81.5 cm³/mol. The lowest BCUT2D eigenvalue weighted by Gasteiger charge is -2.33. The van der Waals surface area contributed by atoms with Crippen molar-refractivity contribution in [3.63, 3.8) is 0 Å². The molecule has 0 saturated carbocycles. The molecule has 2 heterocycles. The Balaban J connectivity index is 1.74. The number of anilines is 1. The first kappa shape index (κ1) is 13.9. The quantitative estimate of drug-likeness (QED) is 0.907. The third-order valence-electron chi connectivity index (χ3n) is 4.35. The molecule has 3 amide bonds. The summed E-state index contributed by atoms with van der Waals surface area (Å²) >= 11 is 0. The molecule has 0 bridgehead atoms. The molecule has 0 aliphatic carbocycles. The van der Waals surface area contributed by atoms with Crippen LogP contribution in [0.5, 0.6) is 0 Å². The van der Waals surface area contributed by atoms with Crippen molar-refractivity contribution in [2.24, 2.45) is 0 Å². The van der Waals surface area contributed by atoms with Crippen molar-refractivity contribution in [1.29, 1.82) is 0 Å². The van der Waals surface area contributed by atoms with Gasteiger partial charge in [-0.1, -0.05) is 0 Å². The summed E-state index contributed by atoms with van der Waals surface area (Å²) in [5.41, 5.74) is 1.54. The smallest absolute Gasteiger partial charge is 0.321 e. The van der Waals surface area contributed by atoms with Gasteiger partial charge in [0.1, 0.15) is 0 Å². The van der Waals surface area contributed by atoms with Crippen LogP contribution in [0, 0.1) is 0 Å². The second-order valence-electron chi connectivity index (χ2n) is 5.77. The number of nitrogens with one attached hydrogen (secondary N) is 1. The fourth-order valence-corrected chi connectivity index (χ4v) is 3.07. The molecular formula is C16H21N3O2. The fraction of sp³-hybridized carbons (Fsp3) is 0.500. The maximum Gasteiger partial charge on any atom is 0.321 e. The van der Waals surface area contributed by atoms with Crippen LogP contribution in [0.2, 0.25) is 0 Å². The van der Waals surface area contributed by atoms with Crippen molar-refractivity contribution >= 4 is 17.6 Å². The Labute approximate surface area is 124 Å². The van der Waals surface area contributed by atoms with Gasteiger partial charge >= 0.3 is 6.03 Å². The molecular weight excluding hydrogens is 266 g/mol. The van der Waals surface area contributed by atoms with E-state index in [1.54, 1.807) is 4.90 Å². The molecule has 1 unspecified atom stereocenters. The minimum atomic E-state index is -0.0706. The van der Waals surface area contributed by atoms with Crippen molar-refractivity contribution in [3.8, 4) is 0 Å². The molecule has 0 radical (unpaired) electrons. The van der Waals surface area contributed by atoms with E-state index in [0.29, 0.717) is 24.7 Å². The number of hydrogen-bond donors (Lipinski definition) is 1. The fourth-order valence-electron chi connectivity index (χ4n) is 3.07. The molecule has 112 valence electrons. The van der Waals surface area contributed by atoms with Crippen molar-refractivity contribution in [3.05, 3.63) is 29.8 Å². The third kappa shape index (κ3) is 2.73. The molecule has 3 rings (SSSR count). The zero-order valence-electron chi connectivity index (χ0n) is 12.3. The molecule has 1 N–H and O–H groups in total. The van der Waals surface area contributed by atoms with Gasteiger partial charge in [-0.25, -0.2) is 4.79 Å². The molecule has 1 atom stereocenters. The number of nitrogens with zero attached hydrogens (tertiary/aromatic N) is 2. The van der Waals surface area contributed by atoms with E-state index in [4.69, 9.17) is 0 Å². The number of likely N-dealkylation sites (tertiary alicyclic amines) is 1. The van der Waals surface area contributed by atoms with Crippen LogP contribution < -0.4 is 10.2 Å². The topological polar surface area (TPSA) is 52.7 Å². The molecule has 5 heteroatoms. The van der Waals surface area contributed by atoms with Gasteiger partial charge < -0.3 is 10.2 Å². The highest BCUT2D eigenvalue weighted by atomic mass is 16.2. The van der Waals surface area contributed by atoms with Crippen LogP contribution in [0.25, 0.3) is 0 Å². The summed E-state index contributed by atoms with van der Waals surface area (Å²) < 4.78 is 0. The molecule has 2 fully saturated rings. The first-order valence-electron chi connectivity index (χ1n) is 7.63. The molecule has 1 aromatic rings. The lowest BCUT2D eigenvalue weighted by atomic mass is 10.0. The van der Waals surface area contributed by atoms with E-state index in [1.807, 2.05) is 29.2 Å². The Kier molecular flexibility index (Phi) is 3.82. The van der Waals surface area contributed by atoms with Crippen molar-refractivity contribution < 1.29 is 9.59 Å². The second kappa shape index (κ2) is 5.76. The van der Waals surface area contributed by atoms with Crippen molar-refractivity contribution in [1.82, 2.24) is 10.2 Å². The molecule has 2 aliphatic heterocycles. The standard InChI is InChI=1S/C16H21N3O2/c1-12-4-2-3-10-18(12)15(20)13-5-7-14(8-6-13)19-11-9-17-16(19)21/h5-8,12H,2-4,9-11H2,1H3,(H,17,21). The van der Waals surface area contributed by atoms with Gasteiger partial charge in [0.15, 0.2) is 0 Å². The van der Waals surface area contributed by atoms with Gasteiger partial charge in [-0.05, 0) is 50.5 Å². The molecule has 21 heavy (non-hydrogen) atoms. The molecule has 2 saturated heterocycles. The van der Waals surface area contributed by atoms with E-state index in [-0.39, 0.29) is 11.9 Å². The van der Waals surface area contributed by atoms with Crippen LogP contribution in [0.15, 0.2) is 24.3 Å². The molecule has 0 spiro atoms. The minimum absolute atomic E-state index is 0.0706. The summed E-state index contributed by atoms with van der Waals surface area (Å²) in [6, 6.07) is 7.60. The number of piperidine rings is 1. The van der Waals surface area contributed by atoms with E-state index in [1.165, 1.54) is 6.42 Å². The number of carbonyl (C=O) groups excluding carboxylic acids is 2.